The van der Waals surface area contributed by atoms with Gasteiger partial charge in [-0.2, -0.15) is 0 Å². The van der Waals surface area contributed by atoms with Crippen molar-refractivity contribution in [2.45, 2.75) is 12.6 Å². The highest BCUT2D eigenvalue weighted by atomic mass is 16.5. The molecule has 1 heterocycles. The molecule has 0 spiro atoms. The Balaban J connectivity index is 1.89. The van der Waals surface area contributed by atoms with Crippen molar-refractivity contribution in [3.05, 3.63) is 29.8 Å². The van der Waals surface area contributed by atoms with Gasteiger partial charge in [0.05, 0.1) is 13.2 Å². The Labute approximate surface area is 113 Å². The average molecular weight is 263 g/mol. The van der Waals surface area contributed by atoms with Crippen LogP contribution in [0.1, 0.15) is 5.56 Å². The summed E-state index contributed by atoms with van der Waals surface area (Å²) >= 11 is 0. The first-order valence-corrected chi connectivity index (χ1v) is 6.51. The zero-order valence-corrected chi connectivity index (χ0v) is 11.5. The normalized spacial score (nSPS) is 19.4. The lowest BCUT2D eigenvalue weighted by Crippen LogP contribution is -2.48. The van der Waals surface area contributed by atoms with E-state index in [1.807, 2.05) is 38.4 Å². The van der Waals surface area contributed by atoms with Gasteiger partial charge in [0.25, 0.3) is 0 Å². The van der Waals surface area contributed by atoms with E-state index in [2.05, 4.69) is 15.5 Å². The van der Waals surface area contributed by atoms with Gasteiger partial charge >= 0.3 is 0 Å². The van der Waals surface area contributed by atoms with Crippen molar-refractivity contribution in [1.82, 2.24) is 10.2 Å². The molecule has 1 aliphatic rings. The fraction of sp³-hybridized carbons (Fsp3) is 0.500. The Morgan fingerprint density at radius 2 is 2.16 bits per heavy atom. The van der Waals surface area contributed by atoms with E-state index in [4.69, 9.17) is 4.74 Å². The van der Waals surface area contributed by atoms with Gasteiger partial charge in [-0.1, -0.05) is 12.1 Å². The van der Waals surface area contributed by atoms with Crippen LogP contribution in [0.15, 0.2) is 24.3 Å². The van der Waals surface area contributed by atoms with Gasteiger partial charge in [0.15, 0.2) is 0 Å². The smallest absolute Gasteiger partial charge is 0.243 e. The molecule has 0 aliphatic carbocycles. The van der Waals surface area contributed by atoms with Gasteiger partial charge in [0, 0.05) is 18.8 Å². The summed E-state index contributed by atoms with van der Waals surface area (Å²) in [6.07, 6.45) is 0. The molecule has 0 radical (unpaired) electrons. The first kappa shape index (κ1) is 14.0. The number of nitrogens with zero attached hydrogens (tertiary/aromatic N) is 1. The van der Waals surface area contributed by atoms with E-state index in [1.165, 1.54) is 5.56 Å². The quantitative estimate of drug-likeness (QED) is 0.838. The van der Waals surface area contributed by atoms with E-state index in [9.17, 15) is 4.79 Å². The molecular formula is C14H21N3O2. The Bertz CT molecular complexity index is 411. The molecule has 1 aromatic rings. The van der Waals surface area contributed by atoms with Gasteiger partial charge in [-0.15, -0.1) is 0 Å². The van der Waals surface area contributed by atoms with Crippen molar-refractivity contribution in [1.29, 1.82) is 0 Å². The number of anilines is 1. The maximum Gasteiger partial charge on any atom is 0.243 e. The average Bonchev–Trinajstić information content (AvgIpc) is 2.41. The molecular weight excluding hydrogens is 242 g/mol. The highest BCUT2D eigenvalue weighted by Crippen LogP contribution is 2.11. The molecule has 1 aromatic carbocycles. The number of rotatable bonds is 4. The van der Waals surface area contributed by atoms with Crippen LogP contribution in [0.2, 0.25) is 0 Å². The van der Waals surface area contributed by atoms with E-state index >= 15 is 0 Å². The number of morpholine rings is 1. The molecule has 5 nitrogen and oxygen atoms in total. The number of carbonyl (C=O) groups is 1. The van der Waals surface area contributed by atoms with E-state index in [1.54, 1.807) is 0 Å². The third-order valence-corrected chi connectivity index (χ3v) is 2.96. The third kappa shape index (κ3) is 4.31. The number of nitrogens with one attached hydrogen (secondary N) is 2. The van der Waals surface area contributed by atoms with Gasteiger partial charge in [-0.05, 0) is 31.8 Å². The molecule has 1 unspecified atom stereocenters. The number of carbonyl (C=O) groups excluding carboxylic acids is 1. The molecule has 1 saturated heterocycles. The summed E-state index contributed by atoms with van der Waals surface area (Å²) in [6, 6.07) is 7.66. The second-order valence-electron chi connectivity index (χ2n) is 5.01. The first-order chi connectivity index (χ1) is 9.15. The molecule has 1 aliphatic heterocycles. The summed E-state index contributed by atoms with van der Waals surface area (Å²) in [7, 11) is 4.06. The van der Waals surface area contributed by atoms with Gasteiger partial charge in [-0.25, -0.2) is 0 Å². The lowest BCUT2D eigenvalue weighted by Gasteiger charge is -2.22. The van der Waals surface area contributed by atoms with Crippen molar-refractivity contribution in [3.63, 3.8) is 0 Å². The lowest BCUT2D eigenvalue weighted by atomic mass is 10.2. The molecule has 1 amide bonds. The minimum Gasteiger partial charge on any atom is -0.378 e. The topological polar surface area (TPSA) is 53.6 Å². The van der Waals surface area contributed by atoms with E-state index < -0.39 is 0 Å². The van der Waals surface area contributed by atoms with Crippen molar-refractivity contribution in [3.8, 4) is 0 Å². The summed E-state index contributed by atoms with van der Waals surface area (Å²) in [5.74, 6) is -0.0416. The molecule has 2 N–H and O–H groups in total. The van der Waals surface area contributed by atoms with Crippen LogP contribution in [0.5, 0.6) is 0 Å². The van der Waals surface area contributed by atoms with Crippen molar-refractivity contribution in [2.75, 3.05) is 39.2 Å². The molecule has 2 rings (SSSR count). The predicted octanol–water partition coefficient (Wildman–Crippen LogP) is 0.675. The van der Waals surface area contributed by atoms with E-state index in [0.29, 0.717) is 13.2 Å². The maximum atomic E-state index is 12.0. The van der Waals surface area contributed by atoms with Gasteiger partial charge in [0.2, 0.25) is 5.91 Å². The largest absolute Gasteiger partial charge is 0.378 e. The van der Waals surface area contributed by atoms with Crippen LogP contribution in [0.3, 0.4) is 0 Å². The van der Waals surface area contributed by atoms with Crippen LogP contribution in [0.25, 0.3) is 0 Å². The summed E-state index contributed by atoms with van der Waals surface area (Å²) in [4.78, 5) is 14.1. The van der Waals surface area contributed by atoms with E-state index in [0.717, 1.165) is 18.8 Å². The monoisotopic (exact) mass is 263 g/mol. The third-order valence-electron chi connectivity index (χ3n) is 2.96. The van der Waals surface area contributed by atoms with Crippen LogP contribution in [-0.4, -0.2) is 50.7 Å². The Hall–Kier alpha value is -1.43. The Morgan fingerprint density at radius 3 is 2.74 bits per heavy atom. The molecule has 1 atom stereocenters. The number of ether oxygens (including phenoxy) is 1. The number of amides is 1. The van der Waals surface area contributed by atoms with Crippen LogP contribution >= 0.6 is 0 Å². The standard InChI is InChI=1S/C14H21N3O2/c1-17(2)9-11-3-5-12(6-4-11)16-14(18)13-10-19-8-7-15-13/h3-6,13,15H,7-10H2,1-2H3,(H,16,18). The highest BCUT2D eigenvalue weighted by Gasteiger charge is 2.20. The lowest BCUT2D eigenvalue weighted by molar-refractivity contribution is -0.120. The zero-order valence-electron chi connectivity index (χ0n) is 11.5. The minimum atomic E-state index is -0.254. The fourth-order valence-electron chi connectivity index (χ4n) is 2.02. The highest BCUT2D eigenvalue weighted by molar-refractivity contribution is 5.95. The Morgan fingerprint density at radius 1 is 1.42 bits per heavy atom. The summed E-state index contributed by atoms with van der Waals surface area (Å²) in [6.45, 7) is 2.72. The van der Waals surface area contributed by atoms with Crippen molar-refractivity contribution in [2.24, 2.45) is 0 Å². The minimum absolute atomic E-state index is 0.0416. The van der Waals surface area contributed by atoms with Gasteiger partial charge in [-0.3, -0.25) is 4.79 Å². The second kappa shape index (κ2) is 6.65. The number of benzene rings is 1. The zero-order chi connectivity index (χ0) is 13.7. The molecule has 0 aromatic heterocycles. The van der Waals surface area contributed by atoms with Gasteiger partial charge < -0.3 is 20.3 Å². The van der Waals surface area contributed by atoms with Crippen LogP contribution < -0.4 is 10.6 Å². The summed E-state index contributed by atoms with van der Waals surface area (Å²) in [5, 5.41) is 6.03. The van der Waals surface area contributed by atoms with Gasteiger partial charge in [0.1, 0.15) is 6.04 Å². The van der Waals surface area contributed by atoms with Crippen LogP contribution in [0, 0.1) is 0 Å². The summed E-state index contributed by atoms with van der Waals surface area (Å²) < 4.78 is 5.27. The van der Waals surface area contributed by atoms with Crippen molar-refractivity contribution < 1.29 is 9.53 Å². The number of hydrogen-bond acceptors (Lipinski definition) is 4. The van der Waals surface area contributed by atoms with E-state index in [-0.39, 0.29) is 11.9 Å². The first-order valence-electron chi connectivity index (χ1n) is 6.51. The molecule has 0 saturated carbocycles. The van der Waals surface area contributed by atoms with Crippen LogP contribution in [-0.2, 0) is 16.1 Å². The fourth-order valence-corrected chi connectivity index (χ4v) is 2.02. The summed E-state index contributed by atoms with van der Waals surface area (Å²) in [5.41, 5.74) is 2.04. The predicted molar refractivity (Wildman–Crippen MR) is 75.1 cm³/mol. The molecule has 0 bridgehead atoms. The van der Waals surface area contributed by atoms with Crippen LogP contribution in [0.4, 0.5) is 5.69 Å². The molecule has 5 heteroatoms. The SMILES string of the molecule is CN(C)Cc1ccc(NC(=O)C2COCCN2)cc1. The molecule has 19 heavy (non-hydrogen) atoms. The molecule has 104 valence electrons. The second-order valence-corrected chi connectivity index (χ2v) is 5.01. The Kier molecular flexibility index (Phi) is 4.90. The molecule has 1 fully saturated rings. The van der Waals surface area contributed by atoms with Crippen molar-refractivity contribution >= 4 is 11.6 Å². The number of hydrogen-bond donors (Lipinski definition) is 2. The maximum absolute atomic E-state index is 12.0.